The lowest BCUT2D eigenvalue weighted by molar-refractivity contribution is -0.384. The Balaban J connectivity index is 3.04. The second-order valence-electron chi connectivity index (χ2n) is 3.42. The molecule has 5 nitrogen and oxygen atoms in total. The van der Waals surface area contributed by atoms with Crippen molar-refractivity contribution in [3.63, 3.8) is 0 Å². The standard InChI is InChI=1S/C10H14N2O3/c1-7-2-3-8(12(14)15)6-9(7)10(11)4-5-13/h2-3,6,10,13H,4-5,11H2,1H3. The molecular formula is C10H14N2O3. The lowest BCUT2D eigenvalue weighted by Gasteiger charge is -2.12. The molecule has 1 unspecified atom stereocenters. The molecule has 1 atom stereocenters. The van der Waals surface area contributed by atoms with Gasteiger partial charge in [0.1, 0.15) is 0 Å². The van der Waals surface area contributed by atoms with Crippen LogP contribution < -0.4 is 5.73 Å². The van der Waals surface area contributed by atoms with Crippen molar-refractivity contribution < 1.29 is 10.0 Å². The minimum absolute atomic E-state index is 0.0245. The summed E-state index contributed by atoms with van der Waals surface area (Å²) in [7, 11) is 0. The molecule has 0 aliphatic heterocycles. The third-order valence-corrected chi connectivity index (χ3v) is 2.31. The fourth-order valence-electron chi connectivity index (χ4n) is 1.44. The Morgan fingerprint density at radius 3 is 2.80 bits per heavy atom. The van der Waals surface area contributed by atoms with E-state index < -0.39 is 4.92 Å². The fraction of sp³-hybridized carbons (Fsp3) is 0.400. The molecule has 1 aromatic rings. The van der Waals surface area contributed by atoms with E-state index in [4.69, 9.17) is 10.8 Å². The fourth-order valence-corrected chi connectivity index (χ4v) is 1.44. The molecule has 0 amide bonds. The van der Waals surface area contributed by atoms with Crippen molar-refractivity contribution in [3.8, 4) is 0 Å². The van der Waals surface area contributed by atoms with Crippen LogP contribution in [0.5, 0.6) is 0 Å². The van der Waals surface area contributed by atoms with E-state index in [1.165, 1.54) is 12.1 Å². The Hall–Kier alpha value is -1.46. The first-order valence-electron chi connectivity index (χ1n) is 4.67. The van der Waals surface area contributed by atoms with Crippen LogP contribution in [0.4, 0.5) is 5.69 Å². The molecule has 15 heavy (non-hydrogen) atoms. The van der Waals surface area contributed by atoms with E-state index in [0.717, 1.165) is 11.1 Å². The molecule has 0 fully saturated rings. The number of nitrogens with two attached hydrogens (primary N) is 1. The van der Waals surface area contributed by atoms with Crippen LogP contribution in [0.2, 0.25) is 0 Å². The van der Waals surface area contributed by atoms with Crippen molar-refractivity contribution in [2.75, 3.05) is 6.61 Å². The molecule has 0 bridgehead atoms. The summed E-state index contributed by atoms with van der Waals surface area (Å²) in [6, 6.07) is 4.24. The van der Waals surface area contributed by atoms with Crippen LogP contribution in [-0.2, 0) is 0 Å². The summed E-state index contributed by atoms with van der Waals surface area (Å²) < 4.78 is 0. The highest BCUT2D eigenvalue weighted by Gasteiger charge is 2.13. The zero-order valence-electron chi connectivity index (χ0n) is 8.51. The van der Waals surface area contributed by atoms with E-state index in [-0.39, 0.29) is 18.3 Å². The van der Waals surface area contributed by atoms with Gasteiger partial charge in [0, 0.05) is 24.8 Å². The van der Waals surface area contributed by atoms with Crippen LogP contribution in [-0.4, -0.2) is 16.6 Å². The number of non-ortho nitro benzene ring substituents is 1. The number of nitrogens with zero attached hydrogens (tertiary/aromatic N) is 1. The van der Waals surface area contributed by atoms with Crippen LogP contribution in [0.25, 0.3) is 0 Å². The molecule has 82 valence electrons. The van der Waals surface area contributed by atoms with Gasteiger partial charge in [-0.2, -0.15) is 0 Å². The summed E-state index contributed by atoms with van der Waals surface area (Å²) in [5.74, 6) is 0. The van der Waals surface area contributed by atoms with Crippen molar-refractivity contribution in [1.82, 2.24) is 0 Å². The molecule has 0 heterocycles. The van der Waals surface area contributed by atoms with Crippen molar-refractivity contribution >= 4 is 5.69 Å². The van der Waals surface area contributed by atoms with Crippen molar-refractivity contribution in [2.24, 2.45) is 5.73 Å². The van der Waals surface area contributed by atoms with Crippen LogP contribution in [0, 0.1) is 17.0 Å². The van der Waals surface area contributed by atoms with Crippen molar-refractivity contribution in [1.29, 1.82) is 0 Å². The van der Waals surface area contributed by atoms with E-state index >= 15 is 0 Å². The number of rotatable bonds is 4. The summed E-state index contributed by atoms with van der Waals surface area (Å²) >= 11 is 0. The SMILES string of the molecule is Cc1ccc([N+](=O)[O-])cc1C(N)CCO. The first kappa shape index (κ1) is 11.6. The number of hydrogen-bond acceptors (Lipinski definition) is 4. The van der Waals surface area contributed by atoms with E-state index in [1.807, 2.05) is 6.92 Å². The van der Waals surface area contributed by atoms with Crippen LogP contribution in [0.3, 0.4) is 0 Å². The third-order valence-electron chi connectivity index (χ3n) is 2.31. The molecule has 0 aliphatic rings. The van der Waals surface area contributed by atoms with Crippen LogP contribution in [0.15, 0.2) is 18.2 Å². The Labute approximate surface area is 87.7 Å². The predicted octanol–water partition coefficient (Wildman–Crippen LogP) is 1.29. The third kappa shape index (κ3) is 2.74. The predicted molar refractivity (Wildman–Crippen MR) is 56.5 cm³/mol. The average Bonchev–Trinajstić information content (AvgIpc) is 2.18. The molecule has 0 saturated carbocycles. The molecule has 0 spiro atoms. The molecule has 0 radical (unpaired) electrons. The van der Waals surface area contributed by atoms with Gasteiger partial charge in [-0.1, -0.05) is 6.07 Å². The maximum absolute atomic E-state index is 10.6. The quantitative estimate of drug-likeness (QED) is 0.578. The van der Waals surface area contributed by atoms with Gasteiger partial charge in [0.05, 0.1) is 4.92 Å². The van der Waals surface area contributed by atoms with Gasteiger partial charge in [0.25, 0.3) is 5.69 Å². The van der Waals surface area contributed by atoms with Gasteiger partial charge in [-0.25, -0.2) is 0 Å². The zero-order valence-corrected chi connectivity index (χ0v) is 8.51. The van der Waals surface area contributed by atoms with Gasteiger partial charge in [0.15, 0.2) is 0 Å². The molecule has 0 aliphatic carbocycles. The van der Waals surface area contributed by atoms with Gasteiger partial charge < -0.3 is 10.8 Å². The second-order valence-corrected chi connectivity index (χ2v) is 3.42. The molecule has 5 heteroatoms. The summed E-state index contributed by atoms with van der Waals surface area (Å²) in [4.78, 5) is 10.1. The Morgan fingerprint density at radius 1 is 1.60 bits per heavy atom. The lowest BCUT2D eigenvalue weighted by Crippen LogP contribution is -2.13. The number of aryl methyl sites for hydroxylation is 1. The van der Waals surface area contributed by atoms with E-state index in [1.54, 1.807) is 6.07 Å². The molecule has 0 aromatic heterocycles. The number of nitro groups is 1. The lowest BCUT2D eigenvalue weighted by atomic mass is 9.99. The van der Waals surface area contributed by atoms with Gasteiger partial charge in [-0.05, 0) is 24.5 Å². The topological polar surface area (TPSA) is 89.4 Å². The van der Waals surface area contributed by atoms with Crippen molar-refractivity contribution in [3.05, 3.63) is 39.4 Å². The van der Waals surface area contributed by atoms with Gasteiger partial charge in [-0.3, -0.25) is 10.1 Å². The monoisotopic (exact) mass is 210 g/mol. The van der Waals surface area contributed by atoms with E-state index in [2.05, 4.69) is 0 Å². The second kappa shape index (κ2) is 4.86. The minimum atomic E-state index is -0.450. The molecule has 0 saturated heterocycles. The summed E-state index contributed by atoms with van der Waals surface area (Å²) in [6.45, 7) is 1.82. The first-order valence-corrected chi connectivity index (χ1v) is 4.67. The number of hydrogen-bond donors (Lipinski definition) is 2. The Kier molecular flexibility index (Phi) is 3.76. The summed E-state index contributed by atoms with van der Waals surface area (Å²) in [5.41, 5.74) is 7.45. The molecular weight excluding hydrogens is 196 g/mol. The summed E-state index contributed by atoms with van der Waals surface area (Å²) in [6.07, 6.45) is 0.405. The Morgan fingerprint density at radius 2 is 2.27 bits per heavy atom. The largest absolute Gasteiger partial charge is 0.396 e. The van der Waals surface area contributed by atoms with E-state index in [9.17, 15) is 10.1 Å². The molecule has 1 aromatic carbocycles. The highest BCUT2D eigenvalue weighted by atomic mass is 16.6. The van der Waals surface area contributed by atoms with Crippen LogP contribution >= 0.6 is 0 Å². The number of aliphatic hydroxyl groups is 1. The average molecular weight is 210 g/mol. The summed E-state index contributed by atoms with van der Waals surface area (Å²) in [5, 5.41) is 19.3. The first-order chi connectivity index (χ1) is 7.06. The van der Waals surface area contributed by atoms with Gasteiger partial charge in [0.2, 0.25) is 0 Å². The minimum Gasteiger partial charge on any atom is -0.396 e. The number of benzene rings is 1. The number of aliphatic hydroxyl groups excluding tert-OH is 1. The zero-order chi connectivity index (χ0) is 11.4. The molecule has 3 N–H and O–H groups in total. The number of nitro benzene ring substituents is 1. The maximum Gasteiger partial charge on any atom is 0.269 e. The van der Waals surface area contributed by atoms with E-state index in [0.29, 0.717) is 6.42 Å². The highest BCUT2D eigenvalue weighted by Crippen LogP contribution is 2.23. The van der Waals surface area contributed by atoms with Gasteiger partial charge in [-0.15, -0.1) is 0 Å². The maximum atomic E-state index is 10.6. The normalized spacial score (nSPS) is 12.5. The van der Waals surface area contributed by atoms with Crippen LogP contribution in [0.1, 0.15) is 23.6 Å². The molecule has 1 rings (SSSR count). The Bertz CT molecular complexity index is 366. The van der Waals surface area contributed by atoms with Crippen molar-refractivity contribution in [2.45, 2.75) is 19.4 Å². The highest BCUT2D eigenvalue weighted by molar-refractivity contribution is 5.40. The smallest absolute Gasteiger partial charge is 0.269 e. The van der Waals surface area contributed by atoms with Gasteiger partial charge >= 0.3 is 0 Å².